The van der Waals surface area contributed by atoms with Gasteiger partial charge in [-0.1, -0.05) is 11.6 Å². The van der Waals surface area contributed by atoms with Crippen LogP contribution in [0.2, 0.25) is 5.02 Å². The van der Waals surface area contributed by atoms with E-state index < -0.39 is 0 Å². The molecule has 124 valence electrons. The Morgan fingerprint density at radius 2 is 2.17 bits per heavy atom. The van der Waals surface area contributed by atoms with Crippen LogP contribution in [0, 0.1) is 6.92 Å². The predicted molar refractivity (Wildman–Crippen MR) is 93.4 cm³/mol. The summed E-state index contributed by atoms with van der Waals surface area (Å²) in [5.41, 5.74) is 2.68. The second kappa shape index (κ2) is 6.03. The molecule has 0 radical (unpaired) electrons. The Kier molecular flexibility index (Phi) is 3.86. The number of pyridine rings is 2. The predicted octanol–water partition coefficient (Wildman–Crippen LogP) is 2.90. The van der Waals surface area contributed by atoms with Crippen molar-refractivity contribution >= 4 is 28.5 Å². The Bertz CT molecular complexity index is 894. The molecule has 1 atom stereocenters. The molecule has 4 rings (SSSR count). The molecular weight excluding hydrogens is 326 g/mol. The number of aryl methyl sites for hydroxylation is 2. The minimum atomic E-state index is -0.0193. The Hall–Kier alpha value is -2.18. The van der Waals surface area contributed by atoms with Gasteiger partial charge >= 0.3 is 0 Å². The van der Waals surface area contributed by atoms with E-state index in [1.54, 1.807) is 4.68 Å². The van der Waals surface area contributed by atoms with Crippen molar-refractivity contribution in [2.24, 2.45) is 7.05 Å². The van der Waals surface area contributed by atoms with Crippen LogP contribution in [0.3, 0.4) is 0 Å². The van der Waals surface area contributed by atoms with E-state index in [-0.39, 0.29) is 6.10 Å². The third-order valence-corrected chi connectivity index (χ3v) is 4.55. The van der Waals surface area contributed by atoms with Gasteiger partial charge in [0.25, 0.3) is 0 Å². The lowest BCUT2D eigenvalue weighted by atomic mass is 10.1. The molecule has 1 aliphatic rings. The molecule has 3 aromatic heterocycles. The van der Waals surface area contributed by atoms with Gasteiger partial charge in [-0.25, -0.2) is 9.97 Å². The topological polar surface area (TPSA) is 56.1 Å². The van der Waals surface area contributed by atoms with Gasteiger partial charge in [0.1, 0.15) is 11.9 Å². The molecule has 7 heteroatoms. The minimum absolute atomic E-state index is 0.0193. The lowest BCUT2D eigenvalue weighted by molar-refractivity contribution is 0.0395. The second-order valence-corrected chi connectivity index (χ2v) is 6.45. The average molecular weight is 344 g/mol. The van der Waals surface area contributed by atoms with Crippen molar-refractivity contribution in [3.63, 3.8) is 0 Å². The highest BCUT2D eigenvalue weighted by molar-refractivity contribution is 6.35. The van der Waals surface area contributed by atoms with Crippen molar-refractivity contribution in [3.8, 4) is 0 Å². The van der Waals surface area contributed by atoms with Crippen molar-refractivity contribution in [3.05, 3.63) is 46.9 Å². The van der Waals surface area contributed by atoms with Gasteiger partial charge in [0.05, 0.1) is 17.8 Å². The van der Waals surface area contributed by atoms with E-state index in [0.29, 0.717) is 23.8 Å². The summed E-state index contributed by atoms with van der Waals surface area (Å²) in [6.07, 6.45) is 3.81. The average Bonchev–Trinajstić information content (AvgIpc) is 3.01. The van der Waals surface area contributed by atoms with E-state index in [1.807, 2.05) is 44.6 Å². The summed E-state index contributed by atoms with van der Waals surface area (Å²) in [7, 11) is 1.91. The summed E-state index contributed by atoms with van der Waals surface area (Å²) in [5, 5.41) is 5.78. The van der Waals surface area contributed by atoms with Gasteiger partial charge < -0.3 is 9.64 Å². The van der Waals surface area contributed by atoms with Crippen LogP contribution in [0.1, 0.15) is 17.4 Å². The Morgan fingerprint density at radius 3 is 2.96 bits per heavy atom. The number of halogens is 1. The molecule has 1 saturated heterocycles. The molecule has 0 spiro atoms. The van der Waals surface area contributed by atoms with Crippen LogP contribution in [0.5, 0.6) is 0 Å². The number of anilines is 1. The normalized spacial score (nSPS) is 18.3. The molecule has 1 aliphatic heterocycles. The molecule has 3 aromatic rings. The zero-order valence-electron chi connectivity index (χ0n) is 13.6. The molecule has 1 fully saturated rings. The Morgan fingerprint density at radius 1 is 1.29 bits per heavy atom. The lowest BCUT2D eigenvalue weighted by Crippen LogP contribution is -2.38. The van der Waals surface area contributed by atoms with Crippen LogP contribution in [-0.4, -0.2) is 39.4 Å². The fourth-order valence-electron chi connectivity index (χ4n) is 2.97. The number of nitrogens with zero attached hydrogens (tertiary/aromatic N) is 5. The first kappa shape index (κ1) is 15.4. The smallest absolute Gasteiger partial charge is 0.163 e. The molecule has 6 nitrogen and oxygen atoms in total. The number of rotatable bonds is 2. The molecule has 0 N–H and O–H groups in total. The molecule has 0 bridgehead atoms. The van der Waals surface area contributed by atoms with E-state index in [0.717, 1.165) is 29.0 Å². The lowest BCUT2D eigenvalue weighted by Gasteiger charge is -2.33. The fourth-order valence-corrected chi connectivity index (χ4v) is 3.22. The van der Waals surface area contributed by atoms with Gasteiger partial charge in [-0.3, -0.25) is 4.68 Å². The zero-order chi connectivity index (χ0) is 16.7. The number of ether oxygens (including phenoxy) is 1. The summed E-state index contributed by atoms with van der Waals surface area (Å²) in [6.45, 7) is 4.08. The fraction of sp³-hybridized carbons (Fsp3) is 0.353. The largest absolute Gasteiger partial charge is 0.370 e. The highest BCUT2D eigenvalue weighted by Gasteiger charge is 2.24. The van der Waals surface area contributed by atoms with E-state index in [1.165, 1.54) is 0 Å². The monoisotopic (exact) mass is 343 g/mol. The second-order valence-electron chi connectivity index (χ2n) is 6.04. The van der Waals surface area contributed by atoms with Crippen LogP contribution in [0.15, 0.2) is 30.6 Å². The summed E-state index contributed by atoms with van der Waals surface area (Å²) < 4.78 is 7.68. The molecule has 0 aromatic carbocycles. The summed E-state index contributed by atoms with van der Waals surface area (Å²) >= 11 is 6.44. The van der Waals surface area contributed by atoms with Crippen LogP contribution < -0.4 is 4.90 Å². The molecule has 0 unspecified atom stereocenters. The van der Waals surface area contributed by atoms with Gasteiger partial charge in [0.15, 0.2) is 5.65 Å². The van der Waals surface area contributed by atoms with E-state index in [4.69, 9.17) is 21.3 Å². The first-order valence-electron chi connectivity index (χ1n) is 7.89. The van der Waals surface area contributed by atoms with E-state index in [2.05, 4.69) is 15.0 Å². The van der Waals surface area contributed by atoms with E-state index in [9.17, 15) is 0 Å². The molecule has 4 heterocycles. The minimum Gasteiger partial charge on any atom is -0.370 e. The number of morpholine rings is 1. The molecule has 24 heavy (non-hydrogen) atoms. The summed E-state index contributed by atoms with van der Waals surface area (Å²) in [4.78, 5) is 11.4. The van der Waals surface area contributed by atoms with Crippen LogP contribution in [0.4, 0.5) is 5.82 Å². The highest BCUT2D eigenvalue weighted by atomic mass is 35.5. The number of aromatic nitrogens is 4. The van der Waals surface area contributed by atoms with Gasteiger partial charge in [0, 0.05) is 49.0 Å². The summed E-state index contributed by atoms with van der Waals surface area (Å²) in [6, 6.07) is 5.82. The third kappa shape index (κ3) is 2.83. The van der Waals surface area contributed by atoms with Crippen LogP contribution in [-0.2, 0) is 11.8 Å². The maximum absolute atomic E-state index is 6.44. The van der Waals surface area contributed by atoms with Gasteiger partial charge in [0.2, 0.25) is 0 Å². The maximum Gasteiger partial charge on any atom is 0.163 e. The zero-order valence-corrected chi connectivity index (χ0v) is 14.4. The third-order valence-electron chi connectivity index (χ3n) is 4.24. The molecule has 0 saturated carbocycles. The number of fused-ring (bicyclic) bond motifs is 1. The standard InChI is InChI=1S/C17H18ClN5O/c1-11-3-4-13-14(18)7-16(21-17(13)20-11)23-5-6-24-15(10-23)12-8-19-22(2)9-12/h3-4,7-9,15H,5-6,10H2,1-2H3/t15-/m1/s1. The van der Waals surface area contributed by atoms with E-state index >= 15 is 0 Å². The van der Waals surface area contributed by atoms with Crippen molar-refractivity contribution in [1.29, 1.82) is 0 Å². The van der Waals surface area contributed by atoms with Crippen molar-refractivity contribution in [2.45, 2.75) is 13.0 Å². The maximum atomic E-state index is 6.44. The number of hydrogen-bond acceptors (Lipinski definition) is 5. The van der Waals surface area contributed by atoms with Crippen molar-refractivity contribution < 1.29 is 4.74 Å². The SMILES string of the molecule is Cc1ccc2c(Cl)cc(N3CCO[C@@H](c4cnn(C)c4)C3)nc2n1. The molecule has 0 amide bonds. The molecule has 0 aliphatic carbocycles. The summed E-state index contributed by atoms with van der Waals surface area (Å²) in [5.74, 6) is 0.836. The Labute approximate surface area is 145 Å². The highest BCUT2D eigenvalue weighted by Crippen LogP contribution is 2.29. The van der Waals surface area contributed by atoms with Gasteiger partial charge in [-0.05, 0) is 19.1 Å². The molecular formula is C17H18ClN5O. The first-order chi connectivity index (χ1) is 11.6. The van der Waals surface area contributed by atoms with Crippen molar-refractivity contribution in [2.75, 3.05) is 24.6 Å². The number of hydrogen-bond donors (Lipinski definition) is 0. The van der Waals surface area contributed by atoms with Crippen LogP contribution in [0.25, 0.3) is 11.0 Å². The van der Waals surface area contributed by atoms with Gasteiger partial charge in [-0.2, -0.15) is 5.10 Å². The van der Waals surface area contributed by atoms with Crippen LogP contribution >= 0.6 is 11.6 Å². The van der Waals surface area contributed by atoms with Crippen molar-refractivity contribution in [1.82, 2.24) is 19.7 Å². The quantitative estimate of drug-likeness (QED) is 0.716. The Balaban J connectivity index is 1.66. The first-order valence-corrected chi connectivity index (χ1v) is 8.27. The van der Waals surface area contributed by atoms with Gasteiger partial charge in [-0.15, -0.1) is 0 Å².